The lowest BCUT2D eigenvalue weighted by atomic mass is 10.1. The van der Waals surface area contributed by atoms with Gasteiger partial charge in [0.25, 0.3) is 0 Å². The molecule has 0 spiro atoms. The molecule has 1 aliphatic rings. The lowest BCUT2D eigenvalue weighted by Crippen LogP contribution is -2.29. The third kappa shape index (κ3) is 2.02. The summed E-state index contributed by atoms with van der Waals surface area (Å²) in [5, 5.41) is 6.57. The second-order valence-corrected chi connectivity index (χ2v) is 5.54. The smallest absolute Gasteiger partial charge is 0.183 e. The number of rotatable bonds is 3. The Hall–Kier alpha value is -1.39. The Morgan fingerprint density at radius 1 is 1.44 bits per heavy atom. The normalized spacial score (nSPS) is 21.9. The SMILES string of the molecule is CCc1csc(NC2c3ccccc3CC2N)n1. The molecule has 0 bridgehead atoms. The molecule has 2 unspecified atom stereocenters. The lowest BCUT2D eigenvalue weighted by Gasteiger charge is -2.17. The Bertz CT molecular complexity index is 549. The van der Waals surface area contributed by atoms with E-state index in [0.29, 0.717) is 0 Å². The minimum absolute atomic E-state index is 0.136. The Kier molecular flexibility index (Phi) is 3.06. The zero-order valence-electron chi connectivity index (χ0n) is 10.4. The van der Waals surface area contributed by atoms with Crippen LogP contribution < -0.4 is 11.1 Å². The van der Waals surface area contributed by atoms with Gasteiger partial charge in [-0.05, 0) is 24.0 Å². The van der Waals surface area contributed by atoms with Gasteiger partial charge >= 0.3 is 0 Å². The number of anilines is 1. The Morgan fingerprint density at radius 3 is 3.06 bits per heavy atom. The largest absolute Gasteiger partial charge is 0.353 e. The van der Waals surface area contributed by atoms with E-state index in [1.54, 1.807) is 11.3 Å². The summed E-state index contributed by atoms with van der Waals surface area (Å²) >= 11 is 1.66. The Balaban J connectivity index is 1.84. The Labute approximate surface area is 111 Å². The van der Waals surface area contributed by atoms with E-state index < -0.39 is 0 Å². The first-order chi connectivity index (χ1) is 8.78. The van der Waals surface area contributed by atoms with Gasteiger partial charge in [-0.25, -0.2) is 4.98 Å². The molecule has 3 rings (SSSR count). The van der Waals surface area contributed by atoms with Gasteiger partial charge in [0.15, 0.2) is 5.13 Å². The molecule has 0 saturated heterocycles. The number of hydrogen-bond acceptors (Lipinski definition) is 4. The first-order valence-electron chi connectivity index (χ1n) is 6.32. The van der Waals surface area contributed by atoms with Crippen LogP contribution in [0.4, 0.5) is 5.13 Å². The summed E-state index contributed by atoms with van der Waals surface area (Å²) in [4.78, 5) is 4.55. The van der Waals surface area contributed by atoms with Gasteiger partial charge in [-0.3, -0.25) is 0 Å². The molecule has 0 saturated carbocycles. The third-order valence-electron chi connectivity index (χ3n) is 3.47. The molecule has 1 aromatic carbocycles. The fraction of sp³-hybridized carbons (Fsp3) is 0.357. The first kappa shape index (κ1) is 11.7. The molecule has 0 fully saturated rings. The molecule has 4 heteroatoms. The van der Waals surface area contributed by atoms with E-state index in [1.165, 1.54) is 11.1 Å². The summed E-state index contributed by atoms with van der Waals surface area (Å²) in [6, 6.07) is 8.80. The summed E-state index contributed by atoms with van der Waals surface area (Å²) in [6.45, 7) is 2.12. The van der Waals surface area contributed by atoms with Crippen LogP contribution in [-0.2, 0) is 12.8 Å². The van der Waals surface area contributed by atoms with Crippen LogP contribution in [0.25, 0.3) is 0 Å². The second kappa shape index (κ2) is 4.71. The highest BCUT2D eigenvalue weighted by atomic mass is 32.1. The van der Waals surface area contributed by atoms with Crippen LogP contribution in [0, 0.1) is 0 Å². The Morgan fingerprint density at radius 2 is 2.28 bits per heavy atom. The van der Waals surface area contributed by atoms with Crippen molar-refractivity contribution >= 4 is 16.5 Å². The van der Waals surface area contributed by atoms with Gasteiger partial charge in [0.2, 0.25) is 0 Å². The van der Waals surface area contributed by atoms with Crippen molar-refractivity contribution in [1.29, 1.82) is 0 Å². The van der Waals surface area contributed by atoms with Gasteiger partial charge in [-0.2, -0.15) is 0 Å². The lowest BCUT2D eigenvalue weighted by molar-refractivity contribution is 0.625. The van der Waals surface area contributed by atoms with Crippen molar-refractivity contribution in [3.63, 3.8) is 0 Å². The average molecular weight is 259 g/mol. The molecule has 3 N–H and O–H groups in total. The van der Waals surface area contributed by atoms with Gasteiger partial charge in [0.05, 0.1) is 11.7 Å². The topological polar surface area (TPSA) is 50.9 Å². The molecular formula is C14H17N3S. The molecule has 3 nitrogen and oxygen atoms in total. The number of nitrogens with two attached hydrogens (primary N) is 1. The minimum Gasteiger partial charge on any atom is -0.353 e. The van der Waals surface area contributed by atoms with Crippen molar-refractivity contribution in [2.75, 3.05) is 5.32 Å². The van der Waals surface area contributed by atoms with Crippen LogP contribution in [0.2, 0.25) is 0 Å². The van der Waals surface area contributed by atoms with E-state index >= 15 is 0 Å². The molecule has 94 valence electrons. The van der Waals surface area contributed by atoms with Crippen LogP contribution in [0.15, 0.2) is 29.6 Å². The van der Waals surface area contributed by atoms with E-state index in [-0.39, 0.29) is 12.1 Å². The summed E-state index contributed by atoms with van der Waals surface area (Å²) in [5.41, 5.74) is 10.0. The maximum Gasteiger partial charge on any atom is 0.183 e. The van der Waals surface area contributed by atoms with E-state index in [2.05, 4.69) is 46.9 Å². The monoisotopic (exact) mass is 259 g/mol. The molecule has 18 heavy (non-hydrogen) atoms. The number of nitrogens with one attached hydrogen (secondary N) is 1. The number of hydrogen-bond donors (Lipinski definition) is 2. The van der Waals surface area contributed by atoms with Crippen molar-refractivity contribution in [3.8, 4) is 0 Å². The van der Waals surface area contributed by atoms with Crippen molar-refractivity contribution in [3.05, 3.63) is 46.5 Å². The van der Waals surface area contributed by atoms with E-state index in [0.717, 1.165) is 23.7 Å². The fourth-order valence-electron chi connectivity index (χ4n) is 2.48. The predicted octanol–water partition coefficient (Wildman–Crippen LogP) is 2.74. The highest BCUT2D eigenvalue weighted by Crippen LogP contribution is 2.33. The summed E-state index contributed by atoms with van der Waals surface area (Å²) in [5.74, 6) is 0. The maximum atomic E-state index is 6.23. The maximum absolute atomic E-state index is 6.23. The van der Waals surface area contributed by atoms with Crippen LogP contribution >= 0.6 is 11.3 Å². The number of thiazole rings is 1. The van der Waals surface area contributed by atoms with Gasteiger partial charge in [0.1, 0.15) is 0 Å². The number of nitrogens with zero attached hydrogens (tertiary/aromatic N) is 1. The second-order valence-electron chi connectivity index (χ2n) is 4.69. The quantitative estimate of drug-likeness (QED) is 0.891. The summed E-state index contributed by atoms with van der Waals surface area (Å²) < 4.78 is 0. The highest BCUT2D eigenvalue weighted by Gasteiger charge is 2.29. The molecule has 2 aromatic rings. The molecule has 0 aliphatic heterocycles. The van der Waals surface area contributed by atoms with Gasteiger partial charge < -0.3 is 11.1 Å². The molecule has 1 aromatic heterocycles. The molecular weight excluding hydrogens is 242 g/mol. The van der Waals surface area contributed by atoms with Gasteiger partial charge in [-0.15, -0.1) is 11.3 Å². The fourth-order valence-corrected chi connectivity index (χ4v) is 3.31. The first-order valence-corrected chi connectivity index (χ1v) is 7.20. The summed E-state index contributed by atoms with van der Waals surface area (Å²) in [7, 11) is 0. The zero-order chi connectivity index (χ0) is 12.5. The van der Waals surface area contributed by atoms with Gasteiger partial charge in [-0.1, -0.05) is 31.2 Å². The number of aryl methyl sites for hydroxylation is 1. The molecule has 0 amide bonds. The molecule has 1 aliphatic carbocycles. The molecule has 2 atom stereocenters. The average Bonchev–Trinajstić information content (AvgIpc) is 2.96. The van der Waals surface area contributed by atoms with E-state index in [4.69, 9.17) is 5.73 Å². The minimum atomic E-state index is 0.136. The van der Waals surface area contributed by atoms with E-state index in [9.17, 15) is 0 Å². The third-order valence-corrected chi connectivity index (χ3v) is 4.29. The van der Waals surface area contributed by atoms with Gasteiger partial charge in [0, 0.05) is 11.4 Å². The van der Waals surface area contributed by atoms with E-state index in [1.807, 2.05) is 0 Å². The van der Waals surface area contributed by atoms with Crippen LogP contribution in [0.3, 0.4) is 0 Å². The number of fused-ring (bicyclic) bond motifs is 1. The van der Waals surface area contributed by atoms with Crippen molar-refractivity contribution < 1.29 is 0 Å². The van der Waals surface area contributed by atoms with Crippen molar-refractivity contribution in [1.82, 2.24) is 4.98 Å². The standard InChI is InChI=1S/C14H17N3S/c1-2-10-8-18-14(16-10)17-13-11-6-4-3-5-9(11)7-12(13)15/h3-6,8,12-13H,2,7,15H2,1H3,(H,16,17). The predicted molar refractivity (Wildman–Crippen MR) is 76.0 cm³/mol. The summed E-state index contributed by atoms with van der Waals surface area (Å²) in [6.07, 6.45) is 1.92. The zero-order valence-corrected chi connectivity index (χ0v) is 11.2. The highest BCUT2D eigenvalue weighted by molar-refractivity contribution is 7.13. The van der Waals surface area contributed by atoms with Crippen LogP contribution in [-0.4, -0.2) is 11.0 Å². The number of aromatic nitrogens is 1. The van der Waals surface area contributed by atoms with Crippen LogP contribution in [0.1, 0.15) is 29.8 Å². The molecule has 1 heterocycles. The van der Waals surface area contributed by atoms with Crippen molar-refractivity contribution in [2.24, 2.45) is 5.73 Å². The number of benzene rings is 1. The molecule has 0 radical (unpaired) electrons. The van der Waals surface area contributed by atoms with Crippen LogP contribution in [0.5, 0.6) is 0 Å². The van der Waals surface area contributed by atoms with Crippen molar-refractivity contribution in [2.45, 2.75) is 31.8 Å².